The molecule has 0 aliphatic carbocycles. The summed E-state index contributed by atoms with van der Waals surface area (Å²) in [5.74, 6) is 0. The molecule has 0 saturated heterocycles. The SMILES string of the molecule is CCC(OC)[Si](C)(OC)OC. The quantitative estimate of drug-likeness (QED) is 0.594. The van der Waals surface area contributed by atoms with Gasteiger partial charge in [-0.2, -0.15) is 0 Å². The Morgan fingerprint density at radius 3 is 1.73 bits per heavy atom. The predicted octanol–water partition coefficient (Wildman–Crippen LogP) is 1.32. The van der Waals surface area contributed by atoms with Crippen LogP contribution in [0.4, 0.5) is 0 Å². The smallest absolute Gasteiger partial charge is 0.364 e. The van der Waals surface area contributed by atoms with Crippen LogP contribution < -0.4 is 0 Å². The van der Waals surface area contributed by atoms with E-state index in [-0.39, 0.29) is 5.73 Å². The molecule has 0 aromatic carbocycles. The number of methoxy groups -OCH3 is 1. The highest BCUT2D eigenvalue weighted by molar-refractivity contribution is 6.67. The van der Waals surface area contributed by atoms with E-state index in [4.69, 9.17) is 13.6 Å². The van der Waals surface area contributed by atoms with Crippen LogP contribution in [0.2, 0.25) is 6.55 Å². The largest absolute Gasteiger partial charge is 0.396 e. The van der Waals surface area contributed by atoms with Crippen LogP contribution in [0.25, 0.3) is 0 Å². The Kier molecular flexibility index (Phi) is 4.91. The predicted molar refractivity (Wildman–Crippen MR) is 46.7 cm³/mol. The normalized spacial score (nSPS) is 15.0. The third-order valence-corrected chi connectivity index (χ3v) is 5.49. The Bertz CT molecular complexity index is 99.9. The van der Waals surface area contributed by atoms with Gasteiger partial charge < -0.3 is 13.6 Å². The topological polar surface area (TPSA) is 27.7 Å². The molecule has 1 unspecified atom stereocenters. The first-order valence-electron chi connectivity index (χ1n) is 3.77. The second-order valence-corrected chi connectivity index (χ2v) is 6.05. The molecule has 0 rings (SSSR count). The molecule has 0 heterocycles. The van der Waals surface area contributed by atoms with E-state index in [1.54, 1.807) is 21.3 Å². The summed E-state index contributed by atoms with van der Waals surface area (Å²) in [6.45, 7) is 4.07. The zero-order chi connectivity index (χ0) is 8.91. The standard InChI is InChI=1S/C7H18O3Si/c1-6-7(8-2)11(5,9-3)10-4/h7H,6H2,1-5H3. The number of ether oxygens (including phenoxy) is 1. The van der Waals surface area contributed by atoms with Crippen molar-refractivity contribution in [2.75, 3.05) is 21.3 Å². The summed E-state index contributed by atoms with van der Waals surface area (Å²) < 4.78 is 15.9. The second kappa shape index (κ2) is 4.87. The molecular weight excluding hydrogens is 160 g/mol. The minimum Gasteiger partial charge on any atom is -0.396 e. The molecule has 0 saturated carbocycles. The molecule has 0 amide bonds. The molecule has 0 N–H and O–H groups in total. The van der Waals surface area contributed by atoms with Crippen LogP contribution in [0.1, 0.15) is 13.3 Å². The van der Waals surface area contributed by atoms with Crippen molar-refractivity contribution in [3.05, 3.63) is 0 Å². The minimum absolute atomic E-state index is 0.123. The van der Waals surface area contributed by atoms with Gasteiger partial charge in [0.1, 0.15) is 5.73 Å². The van der Waals surface area contributed by atoms with Gasteiger partial charge in [-0.05, 0) is 13.0 Å². The van der Waals surface area contributed by atoms with Gasteiger partial charge in [-0.25, -0.2) is 0 Å². The van der Waals surface area contributed by atoms with Crippen molar-refractivity contribution in [3.8, 4) is 0 Å². The van der Waals surface area contributed by atoms with E-state index >= 15 is 0 Å². The monoisotopic (exact) mass is 178 g/mol. The van der Waals surface area contributed by atoms with E-state index in [2.05, 4.69) is 6.92 Å². The average molecular weight is 178 g/mol. The van der Waals surface area contributed by atoms with Gasteiger partial charge in [-0.1, -0.05) is 6.92 Å². The lowest BCUT2D eigenvalue weighted by atomic mass is 10.5. The Labute approximate surface area is 69.9 Å². The molecule has 0 aromatic rings. The summed E-state index contributed by atoms with van der Waals surface area (Å²) in [6, 6.07) is 0. The fraction of sp³-hybridized carbons (Fsp3) is 1.00. The Hall–Kier alpha value is 0.0969. The lowest BCUT2D eigenvalue weighted by molar-refractivity contribution is 0.0971. The van der Waals surface area contributed by atoms with Gasteiger partial charge in [0, 0.05) is 21.3 Å². The van der Waals surface area contributed by atoms with E-state index < -0.39 is 8.56 Å². The molecule has 1 atom stereocenters. The van der Waals surface area contributed by atoms with Gasteiger partial charge in [0.05, 0.1) is 0 Å². The fourth-order valence-corrected chi connectivity index (χ4v) is 2.96. The highest BCUT2D eigenvalue weighted by Crippen LogP contribution is 2.15. The summed E-state index contributed by atoms with van der Waals surface area (Å²) in [4.78, 5) is 0. The summed E-state index contributed by atoms with van der Waals surface area (Å²) in [5.41, 5.74) is 0.123. The van der Waals surface area contributed by atoms with Crippen molar-refractivity contribution in [2.24, 2.45) is 0 Å². The summed E-state index contributed by atoms with van der Waals surface area (Å²) in [5, 5.41) is 0. The average Bonchev–Trinajstić information content (AvgIpc) is 2.06. The molecule has 11 heavy (non-hydrogen) atoms. The van der Waals surface area contributed by atoms with Gasteiger partial charge in [0.25, 0.3) is 0 Å². The van der Waals surface area contributed by atoms with Crippen molar-refractivity contribution in [1.82, 2.24) is 0 Å². The maximum atomic E-state index is 5.32. The summed E-state index contributed by atoms with van der Waals surface area (Å²) >= 11 is 0. The molecule has 0 aliphatic heterocycles. The van der Waals surface area contributed by atoms with Crippen molar-refractivity contribution >= 4 is 8.56 Å². The fourth-order valence-electron chi connectivity index (χ4n) is 1.10. The van der Waals surface area contributed by atoms with Crippen molar-refractivity contribution in [2.45, 2.75) is 25.6 Å². The molecule has 3 nitrogen and oxygen atoms in total. The first-order valence-corrected chi connectivity index (χ1v) is 6.17. The minimum atomic E-state index is -2.05. The van der Waals surface area contributed by atoms with Crippen LogP contribution in [0.15, 0.2) is 0 Å². The first kappa shape index (κ1) is 11.1. The van der Waals surface area contributed by atoms with E-state index in [0.717, 1.165) is 6.42 Å². The van der Waals surface area contributed by atoms with Crippen molar-refractivity contribution in [1.29, 1.82) is 0 Å². The zero-order valence-electron chi connectivity index (χ0n) is 8.01. The van der Waals surface area contributed by atoms with Gasteiger partial charge >= 0.3 is 8.56 Å². The number of rotatable bonds is 5. The Balaban J connectivity index is 4.19. The van der Waals surface area contributed by atoms with Crippen LogP contribution in [0.3, 0.4) is 0 Å². The second-order valence-electron chi connectivity index (χ2n) is 2.56. The van der Waals surface area contributed by atoms with Gasteiger partial charge in [0.15, 0.2) is 0 Å². The zero-order valence-corrected chi connectivity index (χ0v) is 9.01. The Morgan fingerprint density at radius 1 is 1.18 bits per heavy atom. The maximum absolute atomic E-state index is 5.32. The molecule has 0 radical (unpaired) electrons. The molecule has 0 aliphatic rings. The summed E-state index contributed by atoms with van der Waals surface area (Å²) in [7, 11) is 3.00. The van der Waals surface area contributed by atoms with Crippen LogP contribution in [0.5, 0.6) is 0 Å². The van der Waals surface area contributed by atoms with E-state index in [1.165, 1.54) is 0 Å². The lowest BCUT2D eigenvalue weighted by Crippen LogP contribution is -2.49. The van der Waals surface area contributed by atoms with Gasteiger partial charge in [-0.15, -0.1) is 0 Å². The van der Waals surface area contributed by atoms with E-state index in [9.17, 15) is 0 Å². The van der Waals surface area contributed by atoms with Crippen LogP contribution >= 0.6 is 0 Å². The van der Waals surface area contributed by atoms with E-state index in [1.807, 2.05) is 6.55 Å². The van der Waals surface area contributed by atoms with Crippen molar-refractivity contribution < 1.29 is 13.6 Å². The van der Waals surface area contributed by atoms with Gasteiger partial charge in [0.2, 0.25) is 0 Å². The van der Waals surface area contributed by atoms with Crippen LogP contribution in [0, 0.1) is 0 Å². The molecule has 0 fully saturated rings. The van der Waals surface area contributed by atoms with Crippen LogP contribution in [-0.4, -0.2) is 35.6 Å². The molecule has 0 spiro atoms. The van der Waals surface area contributed by atoms with Gasteiger partial charge in [-0.3, -0.25) is 0 Å². The molecular formula is C7H18O3Si. The van der Waals surface area contributed by atoms with Crippen molar-refractivity contribution in [3.63, 3.8) is 0 Å². The molecule has 68 valence electrons. The molecule has 0 bridgehead atoms. The van der Waals surface area contributed by atoms with E-state index in [0.29, 0.717) is 0 Å². The lowest BCUT2D eigenvalue weighted by Gasteiger charge is -2.29. The highest BCUT2D eigenvalue weighted by Gasteiger charge is 2.38. The Morgan fingerprint density at radius 2 is 1.64 bits per heavy atom. The third-order valence-electron chi connectivity index (χ3n) is 2.05. The third kappa shape index (κ3) is 2.55. The first-order chi connectivity index (χ1) is 5.14. The highest BCUT2D eigenvalue weighted by atomic mass is 28.4. The van der Waals surface area contributed by atoms with Crippen LogP contribution in [-0.2, 0) is 13.6 Å². The maximum Gasteiger partial charge on any atom is 0.364 e. The molecule has 0 aromatic heterocycles. The number of hydrogen-bond donors (Lipinski definition) is 0. The number of hydrogen-bond acceptors (Lipinski definition) is 3. The summed E-state index contributed by atoms with van der Waals surface area (Å²) in [6.07, 6.45) is 0.931. The molecule has 4 heteroatoms.